The molecule has 1 aliphatic rings. The van der Waals surface area contributed by atoms with E-state index in [0.29, 0.717) is 26.1 Å². The van der Waals surface area contributed by atoms with Gasteiger partial charge in [-0.05, 0) is 25.7 Å². The van der Waals surface area contributed by atoms with E-state index < -0.39 is 11.5 Å². The van der Waals surface area contributed by atoms with Crippen molar-refractivity contribution in [1.82, 2.24) is 10.2 Å². The van der Waals surface area contributed by atoms with Crippen molar-refractivity contribution in [1.29, 1.82) is 0 Å². The van der Waals surface area contributed by atoms with Crippen molar-refractivity contribution in [2.75, 3.05) is 26.3 Å². The van der Waals surface area contributed by atoms with Crippen LogP contribution in [0.3, 0.4) is 0 Å². The number of nitrogens with one attached hydrogen (secondary N) is 1. The molecule has 0 spiro atoms. The van der Waals surface area contributed by atoms with Gasteiger partial charge in [-0.1, -0.05) is 20.8 Å². The van der Waals surface area contributed by atoms with Crippen LogP contribution in [0.15, 0.2) is 0 Å². The standard InChI is InChI=1S/C15H28N2O4/c1-5-21-14(20)16-12-8-11(6-7-18)9-17(10-12)13(19)15(2,3)4/h11-12,18H,5-10H2,1-4H3,(H,16,20). The molecule has 1 heterocycles. The highest BCUT2D eigenvalue weighted by Crippen LogP contribution is 2.25. The number of carbonyl (C=O) groups excluding carboxylic acids is 2. The lowest BCUT2D eigenvalue weighted by Gasteiger charge is -2.40. The third-order valence-electron chi connectivity index (χ3n) is 3.60. The topological polar surface area (TPSA) is 78.9 Å². The fraction of sp³-hybridized carbons (Fsp3) is 0.867. The van der Waals surface area contributed by atoms with Gasteiger partial charge in [0.25, 0.3) is 0 Å². The van der Waals surface area contributed by atoms with E-state index in [9.17, 15) is 9.59 Å². The van der Waals surface area contributed by atoms with Gasteiger partial charge in [0, 0.05) is 25.1 Å². The first-order chi connectivity index (χ1) is 9.77. The van der Waals surface area contributed by atoms with Crippen LogP contribution in [0.5, 0.6) is 0 Å². The first kappa shape index (κ1) is 17.8. The number of carbonyl (C=O) groups is 2. The van der Waals surface area contributed by atoms with E-state index in [1.165, 1.54) is 0 Å². The largest absolute Gasteiger partial charge is 0.450 e. The van der Waals surface area contributed by atoms with Gasteiger partial charge >= 0.3 is 6.09 Å². The average Bonchev–Trinajstić information content (AvgIpc) is 2.37. The van der Waals surface area contributed by atoms with E-state index in [2.05, 4.69) is 5.32 Å². The number of hydrogen-bond donors (Lipinski definition) is 2. The van der Waals surface area contributed by atoms with E-state index in [0.717, 1.165) is 6.42 Å². The summed E-state index contributed by atoms with van der Waals surface area (Å²) in [6.45, 7) is 8.97. The second-order valence-electron chi connectivity index (χ2n) is 6.64. The zero-order chi connectivity index (χ0) is 16.0. The average molecular weight is 300 g/mol. The van der Waals surface area contributed by atoms with Gasteiger partial charge in [-0.15, -0.1) is 0 Å². The number of likely N-dealkylation sites (tertiary alicyclic amines) is 1. The number of alkyl carbamates (subject to hydrolysis) is 1. The quantitative estimate of drug-likeness (QED) is 0.822. The predicted octanol–water partition coefficient (Wildman–Crippen LogP) is 1.38. The molecule has 6 nitrogen and oxygen atoms in total. The number of amides is 2. The smallest absolute Gasteiger partial charge is 0.407 e. The van der Waals surface area contributed by atoms with Crippen molar-refractivity contribution in [3.63, 3.8) is 0 Å². The number of nitrogens with zero attached hydrogens (tertiary/aromatic N) is 1. The van der Waals surface area contributed by atoms with Gasteiger partial charge in [-0.25, -0.2) is 4.79 Å². The third-order valence-corrected chi connectivity index (χ3v) is 3.60. The minimum atomic E-state index is -0.449. The van der Waals surface area contributed by atoms with E-state index in [1.54, 1.807) is 11.8 Å². The first-order valence-electron chi connectivity index (χ1n) is 7.61. The van der Waals surface area contributed by atoms with Crippen molar-refractivity contribution in [2.24, 2.45) is 11.3 Å². The SMILES string of the molecule is CCOC(=O)NC1CC(CCO)CN(C(=O)C(C)(C)C)C1. The summed E-state index contributed by atoms with van der Waals surface area (Å²) < 4.78 is 4.90. The Bertz CT molecular complexity index is 365. The van der Waals surface area contributed by atoms with Gasteiger partial charge in [-0.3, -0.25) is 4.79 Å². The summed E-state index contributed by atoms with van der Waals surface area (Å²) in [4.78, 5) is 25.8. The Kier molecular flexibility index (Phi) is 6.45. The van der Waals surface area contributed by atoms with Crippen LogP contribution >= 0.6 is 0 Å². The van der Waals surface area contributed by atoms with Crippen molar-refractivity contribution >= 4 is 12.0 Å². The van der Waals surface area contributed by atoms with Crippen molar-refractivity contribution in [3.05, 3.63) is 0 Å². The lowest BCUT2D eigenvalue weighted by Crippen LogP contribution is -2.54. The molecule has 1 rings (SSSR count). The highest BCUT2D eigenvalue weighted by Gasteiger charge is 2.35. The van der Waals surface area contributed by atoms with Crippen molar-refractivity contribution < 1.29 is 19.4 Å². The third kappa shape index (κ3) is 5.53. The van der Waals surface area contributed by atoms with Crippen molar-refractivity contribution in [2.45, 2.75) is 46.6 Å². The van der Waals surface area contributed by atoms with Gasteiger partial charge in [0.1, 0.15) is 0 Å². The monoisotopic (exact) mass is 300 g/mol. The second-order valence-corrected chi connectivity index (χ2v) is 6.64. The minimum absolute atomic E-state index is 0.0702. The molecule has 122 valence electrons. The summed E-state index contributed by atoms with van der Waals surface area (Å²) in [6.07, 6.45) is 0.942. The molecule has 0 radical (unpaired) electrons. The van der Waals surface area contributed by atoms with Crippen LogP contribution in [0.2, 0.25) is 0 Å². The van der Waals surface area contributed by atoms with Gasteiger partial charge in [0.2, 0.25) is 5.91 Å². The lowest BCUT2D eigenvalue weighted by molar-refractivity contribution is -0.142. The molecule has 0 aromatic rings. The Balaban J connectivity index is 2.72. The Morgan fingerprint density at radius 3 is 2.52 bits per heavy atom. The number of ether oxygens (including phenoxy) is 1. The number of hydrogen-bond acceptors (Lipinski definition) is 4. The zero-order valence-electron chi connectivity index (χ0n) is 13.5. The first-order valence-corrected chi connectivity index (χ1v) is 7.61. The molecule has 1 saturated heterocycles. The van der Waals surface area contributed by atoms with Crippen LogP contribution in [0.25, 0.3) is 0 Å². The zero-order valence-corrected chi connectivity index (χ0v) is 13.5. The number of piperidine rings is 1. The molecule has 0 bridgehead atoms. The van der Waals surface area contributed by atoms with E-state index in [1.807, 2.05) is 20.8 Å². The fourth-order valence-corrected chi connectivity index (χ4v) is 2.68. The molecular weight excluding hydrogens is 272 g/mol. The summed E-state index contributed by atoms with van der Waals surface area (Å²) in [5.41, 5.74) is -0.449. The Labute approximate surface area is 126 Å². The van der Waals surface area contributed by atoms with Crippen molar-refractivity contribution in [3.8, 4) is 0 Å². The van der Waals surface area contributed by atoms with Crippen LogP contribution in [-0.2, 0) is 9.53 Å². The summed E-state index contributed by atoms with van der Waals surface area (Å²) in [5, 5.41) is 11.9. The summed E-state index contributed by atoms with van der Waals surface area (Å²) >= 11 is 0. The Hall–Kier alpha value is -1.30. The lowest BCUT2D eigenvalue weighted by atomic mass is 9.88. The number of aliphatic hydroxyl groups is 1. The molecule has 2 amide bonds. The summed E-state index contributed by atoms with van der Waals surface area (Å²) in [7, 11) is 0. The predicted molar refractivity (Wildman–Crippen MR) is 79.8 cm³/mol. The molecular formula is C15H28N2O4. The molecule has 2 unspecified atom stereocenters. The summed E-state index contributed by atoms with van der Waals surface area (Å²) in [6, 6.07) is -0.124. The maximum absolute atomic E-state index is 12.4. The highest BCUT2D eigenvalue weighted by molar-refractivity contribution is 5.81. The van der Waals surface area contributed by atoms with Crippen LogP contribution in [0.4, 0.5) is 4.79 Å². The molecule has 0 aromatic carbocycles. The molecule has 0 aliphatic carbocycles. The van der Waals surface area contributed by atoms with Gasteiger partial charge in [0.05, 0.1) is 12.6 Å². The molecule has 0 saturated carbocycles. The second kappa shape index (κ2) is 7.64. The van der Waals surface area contributed by atoms with Crippen LogP contribution < -0.4 is 5.32 Å². The maximum Gasteiger partial charge on any atom is 0.407 e. The maximum atomic E-state index is 12.4. The van der Waals surface area contributed by atoms with Crippen LogP contribution in [0, 0.1) is 11.3 Å². The molecule has 21 heavy (non-hydrogen) atoms. The van der Waals surface area contributed by atoms with E-state index in [4.69, 9.17) is 9.84 Å². The minimum Gasteiger partial charge on any atom is -0.450 e. The highest BCUT2D eigenvalue weighted by atomic mass is 16.5. The number of rotatable bonds is 4. The Morgan fingerprint density at radius 1 is 1.33 bits per heavy atom. The molecule has 0 aromatic heterocycles. The fourth-order valence-electron chi connectivity index (χ4n) is 2.68. The molecule has 1 fully saturated rings. The Morgan fingerprint density at radius 2 is 2.00 bits per heavy atom. The van der Waals surface area contributed by atoms with Gasteiger partial charge in [-0.2, -0.15) is 0 Å². The van der Waals surface area contributed by atoms with Gasteiger partial charge < -0.3 is 20.1 Å². The van der Waals surface area contributed by atoms with Gasteiger partial charge in [0.15, 0.2) is 0 Å². The molecule has 6 heteroatoms. The van der Waals surface area contributed by atoms with Crippen LogP contribution in [0.1, 0.15) is 40.5 Å². The normalized spacial score (nSPS) is 22.8. The van der Waals surface area contributed by atoms with Crippen LogP contribution in [-0.4, -0.2) is 54.4 Å². The molecule has 1 aliphatic heterocycles. The van der Waals surface area contributed by atoms with E-state index >= 15 is 0 Å². The summed E-state index contributed by atoms with van der Waals surface area (Å²) in [5.74, 6) is 0.266. The van der Waals surface area contributed by atoms with E-state index in [-0.39, 0.29) is 24.5 Å². The molecule has 2 N–H and O–H groups in total. The number of aliphatic hydroxyl groups excluding tert-OH is 1. The molecule has 2 atom stereocenters.